The molecule has 0 aromatic heterocycles. The van der Waals surface area contributed by atoms with Gasteiger partial charge in [0.15, 0.2) is 5.78 Å². The Hall–Kier alpha value is -3.15. The molecule has 0 spiro atoms. The number of ketones is 1. The second kappa shape index (κ2) is 11.1. The predicted octanol–water partition coefficient (Wildman–Crippen LogP) is 4.85. The van der Waals surface area contributed by atoms with Crippen LogP contribution in [0.2, 0.25) is 0 Å². The molecule has 0 bridgehead atoms. The minimum Gasteiger partial charge on any atom is -0.489 e. The predicted molar refractivity (Wildman–Crippen MR) is 124 cm³/mol. The molecule has 0 heterocycles. The maximum atomic E-state index is 13.9. The molecule has 1 aliphatic carbocycles. The minimum atomic E-state index is -1.39. The fourth-order valence-corrected chi connectivity index (χ4v) is 4.52. The number of hydrogen-bond acceptors (Lipinski definition) is 6. The van der Waals surface area contributed by atoms with Gasteiger partial charge in [-0.3, -0.25) is 14.4 Å². The minimum absolute atomic E-state index is 0.0165. The van der Waals surface area contributed by atoms with Crippen LogP contribution in [0.5, 0.6) is 5.75 Å². The van der Waals surface area contributed by atoms with Crippen LogP contribution in [0.25, 0.3) is 0 Å². The van der Waals surface area contributed by atoms with E-state index in [4.69, 9.17) is 14.2 Å². The van der Waals surface area contributed by atoms with Gasteiger partial charge in [-0.1, -0.05) is 49.7 Å². The Morgan fingerprint density at radius 2 is 1.82 bits per heavy atom. The van der Waals surface area contributed by atoms with Crippen LogP contribution in [-0.2, 0) is 38.5 Å². The first kappa shape index (κ1) is 24.5. The summed E-state index contributed by atoms with van der Waals surface area (Å²) in [7, 11) is 1.28. The number of carbonyl (C=O) groups is 3. The van der Waals surface area contributed by atoms with Gasteiger partial charge in [0.2, 0.25) is 0 Å². The lowest BCUT2D eigenvalue weighted by Gasteiger charge is -2.35. The van der Waals surface area contributed by atoms with E-state index < -0.39 is 17.4 Å². The molecule has 6 heteroatoms. The van der Waals surface area contributed by atoms with Crippen LogP contribution in [0, 0.1) is 5.41 Å². The van der Waals surface area contributed by atoms with Gasteiger partial charge in [0.25, 0.3) is 0 Å². The molecule has 1 aliphatic rings. The van der Waals surface area contributed by atoms with Gasteiger partial charge in [-0.15, -0.1) is 0 Å². The highest BCUT2D eigenvalue weighted by atomic mass is 16.5. The van der Waals surface area contributed by atoms with E-state index in [0.717, 1.165) is 23.1 Å². The third-order valence-electron chi connectivity index (χ3n) is 6.21. The van der Waals surface area contributed by atoms with Gasteiger partial charge >= 0.3 is 11.9 Å². The van der Waals surface area contributed by atoms with Crippen LogP contribution in [0.15, 0.2) is 42.5 Å². The molecule has 0 saturated heterocycles. The molecule has 0 N–H and O–H groups in total. The molecule has 0 fully saturated rings. The number of aryl methyl sites for hydroxylation is 1. The van der Waals surface area contributed by atoms with Gasteiger partial charge < -0.3 is 14.2 Å². The van der Waals surface area contributed by atoms with E-state index in [9.17, 15) is 14.4 Å². The summed E-state index contributed by atoms with van der Waals surface area (Å²) in [6.07, 6.45) is 2.37. The van der Waals surface area contributed by atoms with Crippen LogP contribution in [0.3, 0.4) is 0 Å². The summed E-state index contributed by atoms with van der Waals surface area (Å²) < 4.78 is 16.2. The lowest BCUT2D eigenvalue weighted by Crippen LogP contribution is -2.44. The molecule has 6 nitrogen and oxygen atoms in total. The van der Waals surface area contributed by atoms with Gasteiger partial charge in [0.1, 0.15) is 17.8 Å². The van der Waals surface area contributed by atoms with Crippen LogP contribution < -0.4 is 4.74 Å². The molecule has 1 unspecified atom stereocenters. The molecular formula is C27H32O6. The molecule has 176 valence electrons. The standard InChI is InChI=1S/C27H32O6/c1-4-9-21-22(33-18-19-10-7-6-8-11-19)13-12-20-14-16-27(26(30)31-3,25(29)24(20)21)17-15-23(28)32-5-2/h6-8,10-13H,4-5,9,14-18H2,1-3H3. The zero-order valence-electron chi connectivity index (χ0n) is 19.6. The topological polar surface area (TPSA) is 78.9 Å². The molecule has 2 aromatic rings. The second-order valence-electron chi connectivity index (χ2n) is 8.31. The number of carbonyl (C=O) groups excluding carboxylic acids is 3. The average molecular weight is 453 g/mol. The first-order chi connectivity index (χ1) is 16.0. The number of ether oxygens (including phenoxy) is 3. The van der Waals surface area contributed by atoms with Crippen molar-refractivity contribution in [1.82, 2.24) is 0 Å². The van der Waals surface area contributed by atoms with Crippen molar-refractivity contribution in [1.29, 1.82) is 0 Å². The first-order valence-corrected chi connectivity index (χ1v) is 11.6. The fourth-order valence-electron chi connectivity index (χ4n) is 4.52. The molecule has 0 radical (unpaired) electrons. The Balaban J connectivity index is 1.98. The fraction of sp³-hybridized carbons (Fsp3) is 0.444. The molecule has 0 aliphatic heterocycles. The van der Waals surface area contributed by atoms with Crippen molar-refractivity contribution < 1.29 is 28.6 Å². The van der Waals surface area contributed by atoms with Crippen molar-refractivity contribution in [2.75, 3.05) is 13.7 Å². The monoisotopic (exact) mass is 452 g/mol. The summed E-state index contributed by atoms with van der Waals surface area (Å²) in [5, 5.41) is 0. The summed E-state index contributed by atoms with van der Waals surface area (Å²) in [6.45, 7) is 4.41. The maximum absolute atomic E-state index is 13.9. The van der Waals surface area contributed by atoms with E-state index in [0.29, 0.717) is 37.2 Å². The third-order valence-corrected chi connectivity index (χ3v) is 6.21. The smallest absolute Gasteiger partial charge is 0.319 e. The van der Waals surface area contributed by atoms with E-state index in [1.807, 2.05) is 49.4 Å². The van der Waals surface area contributed by atoms with Crippen molar-refractivity contribution in [2.45, 2.75) is 59.0 Å². The summed E-state index contributed by atoms with van der Waals surface area (Å²) in [6, 6.07) is 13.7. The number of fused-ring (bicyclic) bond motifs is 1. The Bertz CT molecular complexity index is 997. The quantitative estimate of drug-likeness (QED) is 0.379. The van der Waals surface area contributed by atoms with Crippen molar-refractivity contribution in [2.24, 2.45) is 5.41 Å². The summed E-state index contributed by atoms with van der Waals surface area (Å²) in [4.78, 5) is 38.9. The van der Waals surface area contributed by atoms with Gasteiger partial charge in [-0.05, 0) is 49.8 Å². The van der Waals surface area contributed by atoms with Gasteiger partial charge in [0.05, 0.1) is 13.7 Å². The van der Waals surface area contributed by atoms with E-state index in [1.165, 1.54) is 7.11 Å². The Labute approximate surface area is 195 Å². The molecule has 1 atom stereocenters. The Morgan fingerprint density at radius 3 is 2.48 bits per heavy atom. The highest BCUT2D eigenvalue weighted by Gasteiger charge is 2.50. The van der Waals surface area contributed by atoms with Crippen molar-refractivity contribution in [3.63, 3.8) is 0 Å². The lowest BCUT2D eigenvalue weighted by atomic mass is 9.66. The number of methoxy groups -OCH3 is 1. The molecule has 3 rings (SSSR count). The number of rotatable bonds is 10. The first-order valence-electron chi connectivity index (χ1n) is 11.6. The van der Waals surface area contributed by atoms with Crippen molar-refractivity contribution >= 4 is 17.7 Å². The maximum Gasteiger partial charge on any atom is 0.319 e. The van der Waals surface area contributed by atoms with E-state index in [-0.39, 0.29) is 25.2 Å². The van der Waals surface area contributed by atoms with Crippen molar-refractivity contribution in [3.8, 4) is 5.75 Å². The highest BCUT2D eigenvalue weighted by molar-refractivity contribution is 6.15. The van der Waals surface area contributed by atoms with E-state index in [1.54, 1.807) is 6.92 Å². The third kappa shape index (κ3) is 5.27. The normalized spacial score (nSPS) is 17.2. The van der Waals surface area contributed by atoms with E-state index in [2.05, 4.69) is 0 Å². The second-order valence-corrected chi connectivity index (χ2v) is 8.31. The van der Waals surface area contributed by atoms with Gasteiger partial charge in [-0.2, -0.15) is 0 Å². The molecule has 2 aromatic carbocycles. The zero-order valence-corrected chi connectivity index (χ0v) is 19.6. The molecule has 33 heavy (non-hydrogen) atoms. The van der Waals surface area contributed by atoms with Crippen LogP contribution in [-0.4, -0.2) is 31.4 Å². The number of hydrogen-bond donors (Lipinski definition) is 0. The van der Waals surface area contributed by atoms with Gasteiger partial charge in [-0.25, -0.2) is 0 Å². The SMILES string of the molecule is CCCc1c(OCc2ccccc2)ccc2c1C(=O)C(CCC(=O)OCC)(C(=O)OC)CC2. The Kier molecular flexibility index (Phi) is 8.26. The van der Waals surface area contributed by atoms with Crippen LogP contribution in [0.4, 0.5) is 0 Å². The summed E-state index contributed by atoms with van der Waals surface area (Å²) in [5.41, 5.74) is 1.91. The van der Waals surface area contributed by atoms with Gasteiger partial charge in [0, 0.05) is 17.5 Å². The zero-order chi connectivity index (χ0) is 23.8. The number of esters is 2. The van der Waals surface area contributed by atoms with Crippen LogP contribution >= 0.6 is 0 Å². The number of Topliss-reactive ketones (excluding diaryl/α,β-unsaturated/α-hetero) is 1. The largest absolute Gasteiger partial charge is 0.489 e. The van der Waals surface area contributed by atoms with Crippen molar-refractivity contribution in [3.05, 3.63) is 64.7 Å². The Morgan fingerprint density at radius 1 is 1.06 bits per heavy atom. The average Bonchev–Trinajstić information content (AvgIpc) is 2.83. The molecule has 0 saturated carbocycles. The molecular weight excluding hydrogens is 420 g/mol. The number of benzene rings is 2. The summed E-state index contributed by atoms with van der Waals surface area (Å²) >= 11 is 0. The highest BCUT2D eigenvalue weighted by Crippen LogP contribution is 2.43. The lowest BCUT2D eigenvalue weighted by molar-refractivity contribution is -0.152. The summed E-state index contributed by atoms with van der Waals surface area (Å²) in [5.74, 6) is -0.652. The van der Waals surface area contributed by atoms with E-state index >= 15 is 0 Å². The molecule has 0 amide bonds. The van der Waals surface area contributed by atoms with Crippen LogP contribution in [0.1, 0.15) is 66.6 Å².